The van der Waals surface area contributed by atoms with Gasteiger partial charge in [-0.15, -0.1) is 12.3 Å². The van der Waals surface area contributed by atoms with E-state index in [4.69, 9.17) is 6.42 Å². The first-order chi connectivity index (χ1) is 5.75. The average Bonchev–Trinajstić information content (AvgIpc) is 2.04. The Morgan fingerprint density at radius 3 is 2.42 bits per heavy atom. The van der Waals surface area contributed by atoms with Gasteiger partial charge in [0, 0.05) is 25.0 Å². The molecule has 0 bridgehead atoms. The highest BCUT2D eigenvalue weighted by Crippen LogP contribution is 2.22. The first kappa shape index (κ1) is 9.61. The Morgan fingerprint density at radius 1 is 1.33 bits per heavy atom. The molecule has 0 unspecified atom stereocenters. The van der Waals surface area contributed by atoms with Crippen LogP contribution in [-0.4, -0.2) is 23.5 Å². The molecule has 0 aromatic carbocycles. The van der Waals surface area contributed by atoms with Gasteiger partial charge in [-0.3, -0.25) is 4.90 Å². The molecule has 1 heteroatoms. The molecule has 0 saturated carbocycles. The van der Waals surface area contributed by atoms with Crippen LogP contribution in [0.2, 0.25) is 0 Å². The van der Waals surface area contributed by atoms with Crippen molar-refractivity contribution >= 4 is 0 Å². The molecule has 1 nitrogen and oxygen atoms in total. The van der Waals surface area contributed by atoms with Gasteiger partial charge >= 0.3 is 0 Å². The van der Waals surface area contributed by atoms with Gasteiger partial charge in [0.15, 0.2) is 0 Å². The molecule has 12 heavy (non-hydrogen) atoms. The Bertz CT molecular complexity index is 158. The van der Waals surface area contributed by atoms with Gasteiger partial charge in [0.2, 0.25) is 0 Å². The third-order valence-corrected chi connectivity index (χ3v) is 2.89. The minimum atomic E-state index is 0.738. The molecule has 1 aliphatic rings. The molecule has 0 N–H and O–H groups in total. The Morgan fingerprint density at radius 2 is 1.92 bits per heavy atom. The highest BCUT2D eigenvalue weighted by atomic mass is 15.2. The van der Waals surface area contributed by atoms with Crippen LogP contribution in [0.3, 0.4) is 0 Å². The van der Waals surface area contributed by atoms with Crippen LogP contribution in [0.25, 0.3) is 0 Å². The molecule has 0 aromatic rings. The van der Waals surface area contributed by atoms with E-state index in [0.29, 0.717) is 0 Å². The van der Waals surface area contributed by atoms with Gasteiger partial charge in [-0.2, -0.15) is 0 Å². The van der Waals surface area contributed by atoms with Gasteiger partial charge in [-0.25, -0.2) is 0 Å². The largest absolute Gasteiger partial charge is 0.297 e. The molecule has 0 amide bonds. The van der Waals surface area contributed by atoms with Crippen molar-refractivity contribution in [3.8, 4) is 12.3 Å². The fraction of sp³-hybridized carbons (Fsp3) is 0.818. The van der Waals surface area contributed by atoms with Gasteiger partial charge < -0.3 is 0 Å². The van der Waals surface area contributed by atoms with E-state index in [-0.39, 0.29) is 0 Å². The summed E-state index contributed by atoms with van der Waals surface area (Å²) in [5.74, 6) is 2.71. The first-order valence-corrected chi connectivity index (χ1v) is 4.95. The van der Waals surface area contributed by atoms with Crippen LogP contribution in [0.1, 0.15) is 39.5 Å². The average molecular weight is 165 g/mol. The lowest BCUT2D eigenvalue weighted by Crippen LogP contribution is -2.43. The van der Waals surface area contributed by atoms with Crippen LogP contribution in [0.5, 0.6) is 0 Å². The summed E-state index contributed by atoms with van der Waals surface area (Å²) in [5, 5.41) is 0. The van der Waals surface area contributed by atoms with Crippen LogP contribution in [0.4, 0.5) is 0 Å². The number of rotatable bonds is 2. The lowest BCUT2D eigenvalue weighted by Gasteiger charge is -2.38. The lowest BCUT2D eigenvalue weighted by atomic mass is 9.97. The molecule has 2 atom stereocenters. The van der Waals surface area contributed by atoms with Crippen molar-refractivity contribution in [3.05, 3.63) is 0 Å². The van der Waals surface area contributed by atoms with Crippen molar-refractivity contribution in [1.82, 2.24) is 4.90 Å². The summed E-state index contributed by atoms with van der Waals surface area (Å²) in [4.78, 5) is 2.54. The van der Waals surface area contributed by atoms with Crippen molar-refractivity contribution in [3.63, 3.8) is 0 Å². The van der Waals surface area contributed by atoms with Gasteiger partial charge in [0.25, 0.3) is 0 Å². The lowest BCUT2D eigenvalue weighted by molar-refractivity contribution is 0.107. The van der Waals surface area contributed by atoms with Crippen LogP contribution >= 0.6 is 0 Å². The molecule has 0 aromatic heterocycles. The summed E-state index contributed by atoms with van der Waals surface area (Å²) in [7, 11) is 0. The molecule has 68 valence electrons. The monoisotopic (exact) mass is 165 g/mol. The summed E-state index contributed by atoms with van der Waals surface area (Å²) in [6.45, 7) is 5.71. The van der Waals surface area contributed by atoms with Crippen molar-refractivity contribution < 1.29 is 0 Å². The van der Waals surface area contributed by atoms with Crippen molar-refractivity contribution in [1.29, 1.82) is 0 Å². The summed E-state index contributed by atoms with van der Waals surface area (Å²) < 4.78 is 0. The zero-order valence-electron chi connectivity index (χ0n) is 8.21. The van der Waals surface area contributed by atoms with E-state index in [0.717, 1.165) is 25.0 Å². The molecule has 1 fully saturated rings. The summed E-state index contributed by atoms with van der Waals surface area (Å²) in [5.41, 5.74) is 0. The highest BCUT2D eigenvalue weighted by Gasteiger charge is 2.23. The van der Waals surface area contributed by atoms with Gasteiger partial charge in [0.05, 0.1) is 0 Å². The smallest absolute Gasteiger partial charge is 0.0214 e. The van der Waals surface area contributed by atoms with Crippen molar-refractivity contribution in [2.75, 3.05) is 6.54 Å². The number of piperidine rings is 1. The first-order valence-electron chi connectivity index (χ1n) is 4.95. The number of nitrogens with zero attached hydrogens (tertiary/aromatic N) is 1. The van der Waals surface area contributed by atoms with Gasteiger partial charge in [0.1, 0.15) is 0 Å². The molecule has 1 heterocycles. The molecular weight excluding hydrogens is 146 g/mol. The van der Waals surface area contributed by atoms with E-state index in [2.05, 4.69) is 24.7 Å². The fourth-order valence-corrected chi connectivity index (χ4v) is 2.11. The van der Waals surface area contributed by atoms with E-state index < -0.39 is 0 Å². The molecule has 0 aliphatic carbocycles. The van der Waals surface area contributed by atoms with Gasteiger partial charge in [-0.1, -0.05) is 6.42 Å². The quantitative estimate of drug-likeness (QED) is 0.567. The maximum absolute atomic E-state index is 5.26. The zero-order valence-corrected chi connectivity index (χ0v) is 8.21. The second-order valence-electron chi connectivity index (χ2n) is 3.82. The Hall–Kier alpha value is -0.480. The summed E-state index contributed by atoms with van der Waals surface area (Å²) >= 11 is 0. The van der Waals surface area contributed by atoms with E-state index in [9.17, 15) is 0 Å². The second kappa shape index (κ2) is 4.52. The van der Waals surface area contributed by atoms with Gasteiger partial charge in [-0.05, 0) is 26.7 Å². The highest BCUT2D eigenvalue weighted by molar-refractivity contribution is 4.88. The number of terminal acetylenes is 1. The van der Waals surface area contributed by atoms with E-state index in [1.807, 2.05) is 0 Å². The predicted octanol–water partition coefficient (Wildman–Crippen LogP) is 2.27. The molecule has 0 radical (unpaired) electrons. The van der Waals surface area contributed by atoms with E-state index in [1.54, 1.807) is 0 Å². The number of likely N-dealkylation sites (tertiary alicyclic amines) is 1. The van der Waals surface area contributed by atoms with E-state index in [1.165, 1.54) is 19.3 Å². The number of hydrogen-bond acceptors (Lipinski definition) is 1. The zero-order chi connectivity index (χ0) is 8.97. The van der Waals surface area contributed by atoms with Crippen LogP contribution in [-0.2, 0) is 0 Å². The Labute approximate surface area is 76.1 Å². The van der Waals surface area contributed by atoms with Crippen molar-refractivity contribution in [2.45, 2.75) is 51.6 Å². The normalized spacial score (nSPS) is 31.4. The maximum Gasteiger partial charge on any atom is 0.0214 e. The minimum absolute atomic E-state index is 0.738. The molecule has 1 rings (SSSR count). The Kier molecular flexibility index (Phi) is 3.62. The minimum Gasteiger partial charge on any atom is -0.297 e. The van der Waals surface area contributed by atoms with Crippen molar-refractivity contribution in [2.24, 2.45) is 0 Å². The maximum atomic E-state index is 5.26. The topological polar surface area (TPSA) is 3.24 Å². The molecular formula is C11H19N. The van der Waals surface area contributed by atoms with E-state index >= 15 is 0 Å². The SMILES string of the molecule is C#CCCN1[C@H](C)CCC[C@H]1C. The summed E-state index contributed by atoms with van der Waals surface area (Å²) in [6, 6.07) is 1.48. The van der Waals surface area contributed by atoms with Crippen LogP contribution in [0, 0.1) is 12.3 Å². The summed E-state index contributed by atoms with van der Waals surface area (Å²) in [6.07, 6.45) is 10.2. The Balaban J connectivity index is 2.41. The standard InChI is InChI=1S/C11H19N/c1-4-5-9-12-10(2)7-6-8-11(12)3/h1,10-11H,5-9H2,2-3H3/t10-,11-/m1/s1. The third kappa shape index (κ3) is 2.25. The fourth-order valence-electron chi connectivity index (χ4n) is 2.11. The van der Waals surface area contributed by atoms with Crippen LogP contribution in [0.15, 0.2) is 0 Å². The molecule has 1 saturated heterocycles. The number of hydrogen-bond donors (Lipinski definition) is 0. The third-order valence-electron chi connectivity index (χ3n) is 2.89. The predicted molar refractivity (Wildman–Crippen MR) is 52.9 cm³/mol. The molecule has 1 aliphatic heterocycles. The second-order valence-corrected chi connectivity index (χ2v) is 3.82. The van der Waals surface area contributed by atoms with Crippen LogP contribution < -0.4 is 0 Å². The molecule has 0 spiro atoms.